The van der Waals surface area contributed by atoms with Crippen LogP contribution in [-0.2, 0) is 17.6 Å². The molecule has 1 amide bonds. The highest BCUT2D eigenvalue weighted by molar-refractivity contribution is 5.95. The Morgan fingerprint density at radius 1 is 1.13 bits per heavy atom. The number of aromatic amines is 2. The van der Waals surface area contributed by atoms with E-state index in [1.165, 1.54) is 24.9 Å². The SMILES string of the molecule is O=C(Nc1ncn[nH]1)C1CCCN1c1nc2c(c(Nc3cc(C4CC4)[nH]n3)n1)CCC2. The molecule has 3 aromatic heterocycles. The monoisotopic (exact) mass is 420 g/mol. The van der Waals surface area contributed by atoms with Crippen molar-refractivity contribution in [2.45, 2.75) is 56.9 Å². The summed E-state index contributed by atoms with van der Waals surface area (Å²) in [6.07, 6.45) is 8.40. The van der Waals surface area contributed by atoms with Crippen molar-refractivity contribution >= 4 is 29.4 Å². The fraction of sp³-hybridized carbons (Fsp3) is 0.500. The molecule has 31 heavy (non-hydrogen) atoms. The number of aryl methyl sites for hydroxylation is 1. The first-order valence-corrected chi connectivity index (χ1v) is 10.9. The lowest BCUT2D eigenvalue weighted by Crippen LogP contribution is -2.41. The molecule has 0 bridgehead atoms. The van der Waals surface area contributed by atoms with Crippen LogP contribution in [0.2, 0.25) is 0 Å². The van der Waals surface area contributed by atoms with E-state index < -0.39 is 0 Å². The highest BCUT2D eigenvalue weighted by Crippen LogP contribution is 2.40. The van der Waals surface area contributed by atoms with Gasteiger partial charge in [-0.2, -0.15) is 20.2 Å². The number of carbonyl (C=O) groups is 1. The van der Waals surface area contributed by atoms with Gasteiger partial charge in [0.1, 0.15) is 18.2 Å². The summed E-state index contributed by atoms with van der Waals surface area (Å²) in [4.78, 5) is 28.5. The number of hydrogen-bond acceptors (Lipinski definition) is 8. The second-order valence-electron chi connectivity index (χ2n) is 8.43. The molecule has 1 saturated heterocycles. The molecular weight excluding hydrogens is 396 g/mol. The minimum absolute atomic E-state index is 0.130. The molecule has 11 nitrogen and oxygen atoms in total. The van der Waals surface area contributed by atoms with Crippen molar-refractivity contribution in [3.63, 3.8) is 0 Å². The number of H-pyrrole nitrogens is 2. The largest absolute Gasteiger partial charge is 0.329 e. The van der Waals surface area contributed by atoms with Crippen LogP contribution >= 0.6 is 0 Å². The third-order valence-corrected chi connectivity index (χ3v) is 6.25. The van der Waals surface area contributed by atoms with Crippen LogP contribution < -0.4 is 15.5 Å². The number of hydrogen-bond donors (Lipinski definition) is 4. The van der Waals surface area contributed by atoms with E-state index in [-0.39, 0.29) is 11.9 Å². The number of nitrogens with one attached hydrogen (secondary N) is 4. The van der Waals surface area contributed by atoms with Gasteiger partial charge < -0.3 is 10.2 Å². The van der Waals surface area contributed by atoms with E-state index in [9.17, 15) is 4.79 Å². The number of fused-ring (bicyclic) bond motifs is 1. The third-order valence-electron chi connectivity index (χ3n) is 6.25. The number of amides is 1. The molecule has 2 fully saturated rings. The van der Waals surface area contributed by atoms with Gasteiger partial charge in [-0.25, -0.2) is 10.1 Å². The maximum atomic E-state index is 12.9. The zero-order valence-corrected chi connectivity index (χ0v) is 17.1. The van der Waals surface area contributed by atoms with Gasteiger partial charge in [-0.3, -0.25) is 15.2 Å². The molecule has 1 atom stereocenters. The second kappa shape index (κ2) is 7.33. The summed E-state index contributed by atoms with van der Waals surface area (Å²) in [6.45, 7) is 0.737. The van der Waals surface area contributed by atoms with Crippen LogP contribution in [-0.4, -0.2) is 53.8 Å². The summed E-state index contributed by atoms with van der Waals surface area (Å²) in [5.41, 5.74) is 3.39. The molecule has 6 rings (SSSR count). The van der Waals surface area contributed by atoms with Crippen LogP contribution in [0.4, 0.5) is 23.5 Å². The third kappa shape index (κ3) is 3.49. The average Bonchev–Trinajstić information content (AvgIpc) is 3.27. The second-order valence-corrected chi connectivity index (χ2v) is 8.43. The van der Waals surface area contributed by atoms with Gasteiger partial charge >= 0.3 is 0 Å². The van der Waals surface area contributed by atoms with Crippen LogP contribution in [0.1, 0.15) is 55.0 Å². The van der Waals surface area contributed by atoms with Gasteiger partial charge in [0.05, 0.1) is 5.69 Å². The summed E-state index contributed by atoms with van der Waals surface area (Å²) >= 11 is 0. The number of rotatable bonds is 6. The van der Waals surface area contributed by atoms with Crippen molar-refractivity contribution in [2.75, 3.05) is 22.1 Å². The number of carbonyl (C=O) groups excluding carboxylic acids is 1. The van der Waals surface area contributed by atoms with Gasteiger partial charge in [0.15, 0.2) is 5.82 Å². The Balaban J connectivity index is 1.27. The molecule has 4 heterocycles. The summed E-state index contributed by atoms with van der Waals surface area (Å²) in [5.74, 6) is 3.00. The van der Waals surface area contributed by atoms with Gasteiger partial charge in [-0.1, -0.05) is 0 Å². The Morgan fingerprint density at radius 2 is 2.06 bits per heavy atom. The predicted octanol–water partition coefficient (Wildman–Crippen LogP) is 2.03. The minimum atomic E-state index is -0.343. The first-order valence-electron chi connectivity index (χ1n) is 10.9. The molecule has 0 spiro atoms. The summed E-state index contributed by atoms with van der Waals surface area (Å²) < 4.78 is 0. The van der Waals surface area contributed by atoms with Crippen molar-refractivity contribution in [3.05, 3.63) is 29.3 Å². The smallest absolute Gasteiger partial charge is 0.249 e. The molecule has 160 valence electrons. The van der Waals surface area contributed by atoms with Crippen LogP contribution in [0.5, 0.6) is 0 Å². The molecule has 0 aromatic carbocycles. The fourth-order valence-corrected chi connectivity index (χ4v) is 4.52. The van der Waals surface area contributed by atoms with Gasteiger partial charge in [0, 0.05) is 29.8 Å². The Morgan fingerprint density at radius 3 is 2.90 bits per heavy atom. The van der Waals surface area contributed by atoms with E-state index in [0.717, 1.165) is 61.5 Å². The summed E-state index contributed by atoms with van der Waals surface area (Å²) in [5, 5.41) is 20.2. The van der Waals surface area contributed by atoms with E-state index in [4.69, 9.17) is 9.97 Å². The normalized spacial score (nSPS) is 20.1. The Kier molecular flexibility index (Phi) is 4.32. The highest BCUT2D eigenvalue weighted by atomic mass is 16.2. The number of aromatic nitrogens is 7. The zero-order chi connectivity index (χ0) is 20.8. The Bertz CT molecular complexity index is 1100. The standard InChI is InChI=1S/C20H24N10O/c31-18(26-19-21-10-22-29-19)15-5-2-8-30(15)20-23-13-4-1-3-12(13)17(25-20)24-16-9-14(27-28-16)11-6-7-11/h9-11,15H,1-8H2,(H2,21,22,26,29,31)(H2,23,24,25,27,28). The maximum absolute atomic E-state index is 12.9. The molecule has 2 aliphatic carbocycles. The van der Waals surface area contributed by atoms with Crippen molar-refractivity contribution in [3.8, 4) is 0 Å². The van der Waals surface area contributed by atoms with Crippen LogP contribution in [0.15, 0.2) is 12.4 Å². The molecule has 0 radical (unpaired) electrons. The van der Waals surface area contributed by atoms with Crippen LogP contribution in [0, 0.1) is 0 Å². The molecule has 1 unspecified atom stereocenters. The van der Waals surface area contributed by atoms with Gasteiger partial charge in [0.2, 0.25) is 17.8 Å². The van der Waals surface area contributed by atoms with Gasteiger partial charge in [0.25, 0.3) is 0 Å². The molecular formula is C20H24N10O. The zero-order valence-electron chi connectivity index (χ0n) is 17.1. The summed E-state index contributed by atoms with van der Waals surface area (Å²) in [7, 11) is 0. The predicted molar refractivity (Wildman–Crippen MR) is 113 cm³/mol. The molecule has 4 N–H and O–H groups in total. The van der Waals surface area contributed by atoms with E-state index in [0.29, 0.717) is 17.8 Å². The molecule has 11 heteroatoms. The summed E-state index contributed by atoms with van der Waals surface area (Å²) in [6, 6.07) is 1.73. The van der Waals surface area contributed by atoms with E-state index >= 15 is 0 Å². The van der Waals surface area contributed by atoms with E-state index in [2.05, 4.69) is 42.1 Å². The maximum Gasteiger partial charge on any atom is 0.249 e. The molecule has 3 aromatic rings. The number of anilines is 4. The Hall–Kier alpha value is -3.50. The van der Waals surface area contributed by atoms with E-state index in [1.807, 2.05) is 4.90 Å². The van der Waals surface area contributed by atoms with Crippen molar-refractivity contribution in [1.82, 2.24) is 35.3 Å². The first-order chi connectivity index (χ1) is 15.2. The van der Waals surface area contributed by atoms with Gasteiger partial charge in [-0.15, -0.1) is 0 Å². The molecule has 3 aliphatic rings. The van der Waals surface area contributed by atoms with Crippen molar-refractivity contribution in [1.29, 1.82) is 0 Å². The van der Waals surface area contributed by atoms with Crippen molar-refractivity contribution < 1.29 is 4.79 Å². The average molecular weight is 420 g/mol. The first kappa shape index (κ1) is 18.3. The quantitative estimate of drug-likeness (QED) is 0.475. The lowest BCUT2D eigenvalue weighted by Gasteiger charge is -2.24. The van der Waals surface area contributed by atoms with E-state index in [1.54, 1.807) is 0 Å². The fourth-order valence-electron chi connectivity index (χ4n) is 4.52. The number of nitrogens with zero attached hydrogens (tertiary/aromatic N) is 6. The minimum Gasteiger partial charge on any atom is -0.329 e. The van der Waals surface area contributed by atoms with Crippen LogP contribution in [0.25, 0.3) is 0 Å². The Labute approximate surface area is 178 Å². The highest BCUT2D eigenvalue weighted by Gasteiger charge is 2.34. The lowest BCUT2D eigenvalue weighted by atomic mass is 10.2. The van der Waals surface area contributed by atoms with Crippen molar-refractivity contribution in [2.24, 2.45) is 0 Å². The van der Waals surface area contributed by atoms with Gasteiger partial charge in [-0.05, 0) is 44.9 Å². The van der Waals surface area contributed by atoms with Crippen LogP contribution in [0.3, 0.4) is 0 Å². The topological polar surface area (TPSA) is 140 Å². The molecule has 1 aliphatic heterocycles. The lowest BCUT2D eigenvalue weighted by molar-refractivity contribution is -0.117. The molecule has 1 saturated carbocycles.